The molecule has 0 bridgehead atoms. The Morgan fingerprint density at radius 3 is 1.83 bits per heavy atom. The van der Waals surface area contributed by atoms with Gasteiger partial charge in [0.05, 0.1) is 12.7 Å². The van der Waals surface area contributed by atoms with E-state index in [1.165, 1.54) is 64.2 Å². The van der Waals surface area contributed by atoms with E-state index in [1.54, 1.807) is 0 Å². The van der Waals surface area contributed by atoms with Gasteiger partial charge in [0.15, 0.2) is 0 Å². The topological polar surface area (TPSA) is 52.5 Å². The highest BCUT2D eigenvalue weighted by Gasteiger charge is 1.99. The van der Waals surface area contributed by atoms with Crippen LogP contribution in [0.5, 0.6) is 0 Å². The molecule has 0 saturated heterocycles. The molecule has 1 atom stereocenters. The van der Waals surface area contributed by atoms with Gasteiger partial charge < -0.3 is 15.5 Å². The van der Waals surface area contributed by atoms with E-state index in [0.717, 1.165) is 6.54 Å². The van der Waals surface area contributed by atoms with Crippen molar-refractivity contribution < 1.29 is 10.2 Å². The van der Waals surface area contributed by atoms with Crippen LogP contribution in [0.3, 0.4) is 0 Å². The fraction of sp³-hybridized carbons (Fsp3) is 1.00. The van der Waals surface area contributed by atoms with Gasteiger partial charge in [-0.15, -0.1) is 0 Å². The maximum absolute atomic E-state index is 9.11. The highest BCUT2D eigenvalue weighted by Crippen LogP contribution is 2.10. The van der Waals surface area contributed by atoms with Crippen molar-refractivity contribution in [3.8, 4) is 0 Å². The maximum atomic E-state index is 9.11. The van der Waals surface area contributed by atoms with Crippen LogP contribution >= 0.6 is 0 Å². The molecule has 0 unspecified atom stereocenters. The molecule has 3 N–H and O–H groups in total. The van der Waals surface area contributed by atoms with Crippen LogP contribution in [0.25, 0.3) is 0 Å². The molecule has 0 heterocycles. The van der Waals surface area contributed by atoms with Crippen molar-refractivity contribution in [3.63, 3.8) is 0 Å². The first-order valence-electron chi connectivity index (χ1n) is 7.81. The van der Waals surface area contributed by atoms with Gasteiger partial charge in [-0.3, -0.25) is 0 Å². The Hall–Kier alpha value is -0.120. The van der Waals surface area contributed by atoms with Gasteiger partial charge in [0.2, 0.25) is 0 Å². The SMILES string of the molecule is CCCCCCCCCCCCNC[C@@H](O)CO. The van der Waals surface area contributed by atoms with Gasteiger partial charge in [-0.1, -0.05) is 64.7 Å². The third kappa shape index (κ3) is 13.9. The lowest BCUT2D eigenvalue weighted by Gasteiger charge is -2.08. The van der Waals surface area contributed by atoms with Crippen molar-refractivity contribution in [1.82, 2.24) is 5.32 Å². The summed E-state index contributed by atoms with van der Waals surface area (Å²) in [5.74, 6) is 0. The van der Waals surface area contributed by atoms with E-state index >= 15 is 0 Å². The summed E-state index contributed by atoms with van der Waals surface area (Å²) in [6.45, 7) is 3.57. The largest absolute Gasteiger partial charge is 0.394 e. The lowest BCUT2D eigenvalue weighted by Crippen LogP contribution is -2.29. The molecule has 0 radical (unpaired) electrons. The lowest BCUT2D eigenvalue weighted by molar-refractivity contribution is 0.0945. The van der Waals surface area contributed by atoms with Crippen molar-refractivity contribution in [2.24, 2.45) is 0 Å². The van der Waals surface area contributed by atoms with Crippen molar-refractivity contribution in [2.75, 3.05) is 19.7 Å². The quantitative estimate of drug-likeness (QED) is 0.420. The summed E-state index contributed by atoms with van der Waals surface area (Å²) in [5, 5.41) is 20.9. The zero-order chi connectivity index (χ0) is 13.5. The molecular weight excluding hydrogens is 226 g/mol. The molecule has 0 aromatic carbocycles. The fourth-order valence-corrected chi connectivity index (χ4v) is 2.07. The highest BCUT2D eigenvalue weighted by molar-refractivity contribution is 4.57. The number of hydrogen-bond acceptors (Lipinski definition) is 3. The molecule has 0 spiro atoms. The minimum absolute atomic E-state index is 0.148. The number of nitrogens with one attached hydrogen (secondary N) is 1. The smallest absolute Gasteiger partial charge is 0.0894 e. The second kappa shape index (κ2) is 14.9. The summed E-state index contributed by atoms with van der Waals surface area (Å²) < 4.78 is 0. The first-order valence-corrected chi connectivity index (χ1v) is 7.81. The molecule has 0 amide bonds. The zero-order valence-electron chi connectivity index (χ0n) is 12.2. The third-order valence-corrected chi connectivity index (χ3v) is 3.30. The minimum atomic E-state index is -0.604. The Labute approximate surface area is 113 Å². The van der Waals surface area contributed by atoms with E-state index in [-0.39, 0.29) is 6.61 Å². The second-order valence-electron chi connectivity index (χ2n) is 5.22. The fourth-order valence-electron chi connectivity index (χ4n) is 2.07. The molecule has 3 nitrogen and oxygen atoms in total. The van der Waals surface area contributed by atoms with E-state index in [2.05, 4.69) is 12.2 Å². The summed E-state index contributed by atoms with van der Waals surface area (Å²) in [5.41, 5.74) is 0. The molecular formula is C15H33NO2. The van der Waals surface area contributed by atoms with Gasteiger partial charge in [-0.25, -0.2) is 0 Å². The molecule has 18 heavy (non-hydrogen) atoms. The molecule has 0 aliphatic heterocycles. The first kappa shape index (κ1) is 17.9. The summed E-state index contributed by atoms with van der Waals surface area (Å²) in [4.78, 5) is 0. The Morgan fingerprint density at radius 1 is 0.833 bits per heavy atom. The molecule has 0 aromatic rings. The van der Waals surface area contributed by atoms with Crippen molar-refractivity contribution in [2.45, 2.75) is 77.2 Å². The van der Waals surface area contributed by atoms with E-state index in [0.29, 0.717) is 6.54 Å². The zero-order valence-corrected chi connectivity index (χ0v) is 12.2. The van der Waals surface area contributed by atoms with Crippen LogP contribution < -0.4 is 5.32 Å². The number of aliphatic hydroxyl groups excluding tert-OH is 2. The van der Waals surface area contributed by atoms with Gasteiger partial charge in [0, 0.05) is 6.54 Å². The normalized spacial score (nSPS) is 12.8. The van der Waals surface area contributed by atoms with Gasteiger partial charge in [-0.2, -0.15) is 0 Å². The van der Waals surface area contributed by atoms with E-state index in [4.69, 9.17) is 10.2 Å². The van der Waals surface area contributed by atoms with Crippen molar-refractivity contribution >= 4 is 0 Å². The molecule has 0 aliphatic carbocycles. The van der Waals surface area contributed by atoms with Gasteiger partial charge in [-0.05, 0) is 13.0 Å². The van der Waals surface area contributed by atoms with Crippen LogP contribution in [0.4, 0.5) is 0 Å². The Balaban J connectivity index is 2.94. The number of unbranched alkanes of at least 4 members (excludes halogenated alkanes) is 9. The van der Waals surface area contributed by atoms with Crippen molar-refractivity contribution in [3.05, 3.63) is 0 Å². The second-order valence-corrected chi connectivity index (χ2v) is 5.22. The molecule has 0 rings (SSSR count). The molecule has 3 heteroatoms. The van der Waals surface area contributed by atoms with E-state index in [9.17, 15) is 0 Å². The Bertz CT molecular complexity index is 153. The average molecular weight is 259 g/mol. The van der Waals surface area contributed by atoms with Crippen LogP contribution in [0.2, 0.25) is 0 Å². The summed E-state index contributed by atoms with van der Waals surface area (Å²) in [6.07, 6.45) is 12.9. The summed E-state index contributed by atoms with van der Waals surface area (Å²) in [6, 6.07) is 0. The van der Waals surface area contributed by atoms with Gasteiger partial charge in [0.1, 0.15) is 0 Å². The number of aliphatic hydroxyl groups is 2. The minimum Gasteiger partial charge on any atom is -0.394 e. The third-order valence-electron chi connectivity index (χ3n) is 3.30. The molecule has 110 valence electrons. The molecule has 0 fully saturated rings. The highest BCUT2D eigenvalue weighted by atomic mass is 16.3. The summed E-state index contributed by atoms with van der Waals surface area (Å²) in [7, 11) is 0. The Kier molecular flexibility index (Phi) is 14.8. The molecule has 0 aliphatic rings. The van der Waals surface area contributed by atoms with Crippen LogP contribution in [0.15, 0.2) is 0 Å². The molecule has 0 saturated carbocycles. The van der Waals surface area contributed by atoms with Crippen LogP contribution in [-0.4, -0.2) is 36.0 Å². The van der Waals surface area contributed by atoms with E-state index in [1.807, 2.05) is 0 Å². The standard InChI is InChI=1S/C15H33NO2/c1-2-3-4-5-6-7-8-9-10-11-12-16-13-15(18)14-17/h15-18H,2-14H2,1H3/t15-/m1/s1. The lowest BCUT2D eigenvalue weighted by atomic mass is 10.1. The van der Waals surface area contributed by atoms with Crippen LogP contribution in [0, 0.1) is 0 Å². The predicted molar refractivity (Wildman–Crippen MR) is 77.8 cm³/mol. The summed E-state index contributed by atoms with van der Waals surface area (Å²) >= 11 is 0. The Morgan fingerprint density at radius 2 is 1.33 bits per heavy atom. The van der Waals surface area contributed by atoms with Gasteiger partial charge >= 0.3 is 0 Å². The monoisotopic (exact) mass is 259 g/mol. The van der Waals surface area contributed by atoms with Crippen LogP contribution in [-0.2, 0) is 0 Å². The number of hydrogen-bond donors (Lipinski definition) is 3. The predicted octanol–water partition coefficient (Wildman–Crippen LogP) is 2.85. The first-order chi connectivity index (χ1) is 8.81. The molecule has 0 aromatic heterocycles. The number of rotatable bonds is 14. The van der Waals surface area contributed by atoms with Crippen molar-refractivity contribution in [1.29, 1.82) is 0 Å². The van der Waals surface area contributed by atoms with Crippen LogP contribution in [0.1, 0.15) is 71.1 Å². The average Bonchev–Trinajstić information content (AvgIpc) is 2.39. The van der Waals surface area contributed by atoms with Gasteiger partial charge in [0.25, 0.3) is 0 Å². The van der Waals surface area contributed by atoms with E-state index < -0.39 is 6.10 Å². The maximum Gasteiger partial charge on any atom is 0.0894 e.